The molecule has 27 heavy (non-hydrogen) atoms. The van der Waals surface area contributed by atoms with Crippen molar-refractivity contribution < 1.29 is 14.3 Å². The van der Waals surface area contributed by atoms with E-state index in [0.29, 0.717) is 17.9 Å². The van der Waals surface area contributed by atoms with Gasteiger partial charge in [0.1, 0.15) is 17.3 Å². The molecule has 0 fully saturated rings. The molecular formula is C19H23N5O3. The number of ether oxygens (including phenoxy) is 2. The monoisotopic (exact) mass is 369 g/mol. The first-order chi connectivity index (χ1) is 13.0. The zero-order chi connectivity index (χ0) is 19.6. The molecule has 2 heterocycles. The Bertz CT molecular complexity index is 971. The summed E-state index contributed by atoms with van der Waals surface area (Å²) in [5.41, 5.74) is 3.90. The number of hydrogen-bond acceptors (Lipinski definition) is 6. The summed E-state index contributed by atoms with van der Waals surface area (Å²) in [5.74, 6) is 2.00. The minimum atomic E-state index is -0.172. The van der Waals surface area contributed by atoms with Gasteiger partial charge >= 0.3 is 0 Å². The number of fused-ring (bicyclic) bond motifs is 1. The molecule has 1 aromatic carbocycles. The lowest BCUT2D eigenvalue weighted by atomic mass is 10.0. The number of aromatic nitrogens is 3. The Morgan fingerprint density at radius 1 is 1.11 bits per heavy atom. The number of carbonyl (C=O) groups excluding carboxylic acids is 1. The molecule has 2 N–H and O–H groups in total. The first-order valence-electron chi connectivity index (χ1n) is 8.51. The molecule has 0 bridgehead atoms. The molecule has 0 spiro atoms. The van der Waals surface area contributed by atoms with Gasteiger partial charge in [-0.2, -0.15) is 0 Å². The Hall–Kier alpha value is -3.13. The molecule has 0 atom stereocenters. The minimum Gasteiger partial charge on any atom is -0.496 e. The highest BCUT2D eigenvalue weighted by Crippen LogP contribution is 2.36. The Kier molecular flexibility index (Phi) is 5.27. The lowest BCUT2D eigenvalue weighted by molar-refractivity contribution is -0.114. The summed E-state index contributed by atoms with van der Waals surface area (Å²) < 4.78 is 13.0. The van der Waals surface area contributed by atoms with Crippen LogP contribution in [0.15, 0.2) is 24.4 Å². The fourth-order valence-electron chi connectivity index (χ4n) is 3.05. The van der Waals surface area contributed by atoms with Gasteiger partial charge in [-0.15, -0.1) is 10.2 Å². The van der Waals surface area contributed by atoms with Crippen LogP contribution in [0, 0.1) is 6.92 Å². The van der Waals surface area contributed by atoms with Gasteiger partial charge in [-0.25, -0.2) is 0 Å². The number of methoxy groups -OCH3 is 2. The summed E-state index contributed by atoms with van der Waals surface area (Å²) >= 11 is 0. The summed E-state index contributed by atoms with van der Waals surface area (Å²) in [6.45, 7) is 3.94. The maximum Gasteiger partial charge on any atom is 0.221 e. The number of pyridine rings is 1. The van der Waals surface area contributed by atoms with Gasteiger partial charge in [0.25, 0.3) is 0 Å². The molecule has 0 saturated carbocycles. The second-order valence-electron chi connectivity index (χ2n) is 6.15. The van der Waals surface area contributed by atoms with E-state index >= 15 is 0 Å². The Balaban J connectivity index is 2.22. The molecule has 3 aromatic rings. The molecule has 8 nitrogen and oxygen atoms in total. The number of hydrogen-bond donors (Lipinski definition) is 2. The number of aryl methyl sites for hydroxylation is 1. The molecular weight excluding hydrogens is 346 g/mol. The van der Waals surface area contributed by atoms with Crippen molar-refractivity contribution in [1.29, 1.82) is 0 Å². The van der Waals surface area contributed by atoms with E-state index in [9.17, 15) is 4.79 Å². The van der Waals surface area contributed by atoms with Crippen LogP contribution in [-0.2, 0) is 11.3 Å². The normalized spacial score (nSPS) is 10.9. The summed E-state index contributed by atoms with van der Waals surface area (Å²) in [7, 11) is 5.14. The summed E-state index contributed by atoms with van der Waals surface area (Å²) in [5, 5.41) is 14.2. The topological polar surface area (TPSA) is 89.8 Å². The second kappa shape index (κ2) is 7.63. The molecule has 142 valence electrons. The fraction of sp³-hybridized carbons (Fsp3) is 0.316. The van der Waals surface area contributed by atoms with Crippen molar-refractivity contribution in [1.82, 2.24) is 19.9 Å². The highest BCUT2D eigenvalue weighted by atomic mass is 16.5. The SMILES string of the molecule is CNCc1c(OC)cc(-c2cc(NC(C)=O)c3nnc(C)n3c2)cc1OC. The Morgan fingerprint density at radius 2 is 1.78 bits per heavy atom. The third-order valence-corrected chi connectivity index (χ3v) is 4.28. The number of nitrogens with zero attached hydrogens (tertiary/aromatic N) is 3. The van der Waals surface area contributed by atoms with Gasteiger partial charge in [-0.1, -0.05) is 0 Å². The molecule has 3 rings (SSSR count). The molecule has 0 unspecified atom stereocenters. The van der Waals surface area contributed by atoms with E-state index in [-0.39, 0.29) is 5.91 Å². The van der Waals surface area contributed by atoms with Gasteiger partial charge in [-0.3, -0.25) is 9.20 Å². The first kappa shape index (κ1) is 18.7. The van der Waals surface area contributed by atoms with Gasteiger partial charge in [0.15, 0.2) is 5.65 Å². The third-order valence-electron chi connectivity index (χ3n) is 4.28. The molecule has 2 aromatic heterocycles. The minimum absolute atomic E-state index is 0.172. The highest BCUT2D eigenvalue weighted by Gasteiger charge is 2.16. The average Bonchev–Trinajstić information content (AvgIpc) is 3.03. The summed E-state index contributed by atoms with van der Waals surface area (Å²) in [6.07, 6.45) is 1.93. The number of amides is 1. The van der Waals surface area contributed by atoms with Crippen molar-refractivity contribution in [2.75, 3.05) is 26.6 Å². The van der Waals surface area contributed by atoms with E-state index < -0.39 is 0 Å². The van der Waals surface area contributed by atoms with Crippen molar-refractivity contribution in [2.24, 2.45) is 0 Å². The highest BCUT2D eigenvalue weighted by molar-refractivity contribution is 5.94. The lowest BCUT2D eigenvalue weighted by Gasteiger charge is -2.16. The number of nitrogens with one attached hydrogen (secondary N) is 2. The molecule has 8 heteroatoms. The van der Waals surface area contributed by atoms with Gasteiger partial charge in [0.2, 0.25) is 5.91 Å². The van der Waals surface area contributed by atoms with Crippen LogP contribution in [0.4, 0.5) is 5.69 Å². The van der Waals surface area contributed by atoms with Crippen molar-refractivity contribution in [3.63, 3.8) is 0 Å². The second-order valence-corrected chi connectivity index (χ2v) is 6.15. The number of benzene rings is 1. The van der Waals surface area contributed by atoms with Crippen LogP contribution < -0.4 is 20.1 Å². The number of carbonyl (C=O) groups is 1. The molecule has 0 aliphatic carbocycles. The standard InChI is InChI=1S/C19H23N5O3/c1-11-22-23-19-16(21-12(2)25)6-14(10-24(11)19)13-7-17(26-4)15(9-20-3)18(8-13)27-5/h6-8,10,20H,9H2,1-5H3,(H,21,25). The third kappa shape index (κ3) is 3.56. The van der Waals surface area contributed by atoms with E-state index in [2.05, 4.69) is 20.8 Å². The van der Waals surface area contributed by atoms with Gasteiger partial charge in [0, 0.05) is 30.8 Å². The molecule has 1 amide bonds. The van der Waals surface area contributed by atoms with Crippen molar-refractivity contribution >= 4 is 17.2 Å². The van der Waals surface area contributed by atoms with Gasteiger partial charge < -0.3 is 20.1 Å². The smallest absolute Gasteiger partial charge is 0.221 e. The molecule has 0 saturated heterocycles. The van der Waals surface area contributed by atoms with E-state index in [0.717, 1.165) is 34.0 Å². The van der Waals surface area contributed by atoms with E-state index in [1.54, 1.807) is 14.2 Å². The quantitative estimate of drug-likeness (QED) is 0.693. The molecule has 0 radical (unpaired) electrons. The predicted molar refractivity (Wildman–Crippen MR) is 103 cm³/mol. The fourth-order valence-corrected chi connectivity index (χ4v) is 3.05. The van der Waals surface area contributed by atoms with Crippen LogP contribution in [0.3, 0.4) is 0 Å². The summed E-state index contributed by atoms with van der Waals surface area (Å²) in [6, 6.07) is 5.78. The van der Waals surface area contributed by atoms with Crippen molar-refractivity contribution in [3.8, 4) is 22.6 Å². The van der Waals surface area contributed by atoms with Crippen molar-refractivity contribution in [3.05, 3.63) is 35.8 Å². The number of rotatable bonds is 6. The zero-order valence-electron chi connectivity index (χ0n) is 16.1. The maximum absolute atomic E-state index is 11.6. The predicted octanol–water partition coefficient (Wildman–Crippen LogP) is 2.40. The molecule has 0 aliphatic heterocycles. The Labute approximate surface area is 157 Å². The molecule has 0 aliphatic rings. The summed E-state index contributed by atoms with van der Waals surface area (Å²) in [4.78, 5) is 11.6. The largest absolute Gasteiger partial charge is 0.496 e. The maximum atomic E-state index is 11.6. The van der Waals surface area contributed by atoms with Crippen LogP contribution in [0.25, 0.3) is 16.8 Å². The van der Waals surface area contributed by atoms with Crippen LogP contribution in [0.2, 0.25) is 0 Å². The first-order valence-corrected chi connectivity index (χ1v) is 8.51. The zero-order valence-corrected chi connectivity index (χ0v) is 16.1. The van der Waals surface area contributed by atoms with E-state index in [4.69, 9.17) is 9.47 Å². The van der Waals surface area contributed by atoms with E-state index in [1.807, 2.05) is 42.8 Å². The van der Waals surface area contributed by atoms with Crippen LogP contribution in [0.5, 0.6) is 11.5 Å². The Morgan fingerprint density at radius 3 is 2.33 bits per heavy atom. The van der Waals surface area contributed by atoms with Crippen molar-refractivity contribution in [2.45, 2.75) is 20.4 Å². The van der Waals surface area contributed by atoms with Crippen LogP contribution in [0.1, 0.15) is 18.3 Å². The van der Waals surface area contributed by atoms with Crippen LogP contribution in [-0.4, -0.2) is 41.8 Å². The number of anilines is 1. The van der Waals surface area contributed by atoms with Crippen LogP contribution >= 0.6 is 0 Å². The van der Waals surface area contributed by atoms with Gasteiger partial charge in [0.05, 0.1) is 19.9 Å². The average molecular weight is 369 g/mol. The lowest BCUT2D eigenvalue weighted by Crippen LogP contribution is -2.09. The van der Waals surface area contributed by atoms with Gasteiger partial charge in [-0.05, 0) is 37.7 Å². The van der Waals surface area contributed by atoms with E-state index in [1.165, 1.54) is 6.92 Å².